The molecule has 124 valence electrons. The third kappa shape index (κ3) is 4.28. The van der Waals surface area contributed by atoms with Gasteiger partial charge in [-0.15, -0.1) is 0 Å². The molecule has 2 saturated heterocycles. The second kappa shape index (κ2) is 8.04. The summed E-state index contributed by atoms with van der Waals surface area (Å²) in [6.07, 6.45) is 1.11. The van der Waals surface area contributed by atoms with E-state index in [1.165, 1.54) is 0 Å². The maximum Gasteiger partial charge on any atom is 0.317 e. The van der Waals surface area contributed by atoms with Crippen LogP contribution in [0, 0.1) is 17.2 Å². The van der Waals surface area contributed by atoms with E-state index >= 15 is 0 Å². The molecule has 0 radical (unpaired) electrons. The molecule has 22 heavy (non-hydrogen) atoms. The molecule has 0 aliphatic carbocycles. The standard InChI is InChI=1S/C15H26N4O2S/c1-13(9-16)10-18(2)14(20)17-11-15(3-8-22-12-15)19-4-6-21-7-5-19/h13H,3-8,10-12H2,1-2H3,(H,17,20)/t13-,15+/m1/s1. The number of carbonyl (C=O) groups is 1. The molecule has 0 aromatic rings. The number of rotatable bonds is 5. The number of nitrogens with one attached hydrogen (secondary N) is 1. The van der Waals surface area contributed by atoms with Crippen LogP contribution < -0.4 is 5.32 Å². The molecule has 1 N–H and O–H groups in total. The molecule has 2 aliphatic rings. The molecule has 0 spiro atoms. The lowest BCUT2D eigenvalue weighted by Gasteiger charge is -2.43. The van der Waals surface area contributed by atoms with Crippen molar-refractivity contribution in [1.29, 1.82) is 5.26 Å². The Labute approximate surface area is 137 Å². The van der Waals surface area contributed by atoms with Crippen molar-refractivity contribution in [3.63, 3.8) is 0 Å². The largest absolute Gasteiger partial charge is 0.379 e. The molecule has 0 aromatic carbocycles. The van der Waals surface area contributed by atoms with Crippen LogP contribution in [0.15, 0.2) is 0 Å². The van der Waals surface area contributed by atoms with Crippen LogP contribution in [0.25, 0.3) is 0 Å². The van der Waals surface area contributed by atoms with E-state index in [-0.39, 0.29) is 17.5 Å². The number of hydrogen-bond donors (Lipinski definition) is 1. The Morgan fingerprint density at radius 1 is 1.55 bits per heavy atom. The Morgan fingerprint density at radius 3 is 2.86 bits per heavy atom. The van der Waals surface area contributed by atoms with Crippen molar-refractivity contribution >= 4 is 17.8 Å². The zero-order valence-corrected chi connectivity index (χ0v) is 14.3. The average Bonchev–Trinajstić information content (AvgIpc) is 3.03. The van der Waals surface area contributed by atoms with Crippen LogP contribution in [0.4, 0.5) is 4.79 Å². The van der Waals surface area contributed by atoms with Crippen molar-refractivity contribution in [3.05, 3.63) is 0 Å². The van der Waals surface area contributed by atoms with Crippen LogP contribution in [0.1, 0.15) is 13.3 Å². The minimum absolute atomic E-state index is 0.0613. The smallest absolute Gasteiger partial charge is 0.317 e. The average molecular weight is 326 g/mol. The van der Waals surface area contributed by atoms with Gasteiger partial charge in [0, 0.05) is 44.5 Å². The highest BCUT2D eigenvalue weighted by Crippen LogP contribution is 2.33. The van der Waals surface area contributed by atoms with Gasteiger partial charge in [0.1, 0.15) is 0 Å². The fourth-order valence-electron chi connectivity index (χ4n) is 3.04. The molecule has 6 nitrogen and oxygen atoms in total. The van der Waals surface area contributed by atoms with Crippen molar-refractivity contribution in [1.82, 2.24) is 15.1 Å². The molecule has 2 heterocycles. The van der Waals surface area contributed by atoms with Crippen molar-refractivity contribution in [2.24, 2.45) is 5.92 Å². The number of nitrogens with zero attached hydrogens (tertiary/aromatic N) is 3. The van der Waals surface area contributed by atoms with Crippen LogP contribution in [0.2, 0.25) is 0 Å². The van der Waals surface area contributed by atoms with E-state index in [4.69, 9.17) is 10.00 Å². The lowest BCUT2D eigenvalue weighted by Crippen LogP contribution is -2.60. The first-order valence-electron chi connectivity index (χ1n) is 7.86. The Bertz CT molecular complexity index is 414. The van der Waals surface area contributed by atoms with Crippen molar-refractivity contribution in [3.8, 4) is 6.07 Å². The van der Waals surface area contributed by atoms with E-state index in [0.29, 0.717) is 13.1 Å². The maximum absolute atomic E-state index is 12.2. The first-order chi connectivity index (χ1) is 10.6. The lowest BCUT2D eigenvalue weighted by atomic mass is 9.95. The first kappa shape index (κ1) is 17.4. The molecule has 0 aromatic heterocycles. The number of carbonyl (C=O) groups excluding carboxylic acids is 1. The highest BCUT2D eigenvalue weighted by atomic mass is 32.2. The SMILES string of the molecule is C[C@H](C#N)CN(C)C(=O)NC[C@@]1(N2CCOCC2)CCSC1. The fraction of sp³-hybridized carbons (Fsp3) is 0.867. The van der Waals surface area contributed by atoms with Gasteiger partial charge >= 0.3 is 6.03 Å². The zero-order chi connectivity index (χ0) is 16.0. The molecule has 2 fully saturated rings. The van der Waals surface area contributed by atoms with E-state index in [1.807, 2.05) is 18.7 Å². The first-order valence-corrected chi connectivity index (χ1v) is 9.02. The summed E-state index contributed by atoms with van der Waals surface area (Å²) in [6.45, 7) is 6.40. The van der Waals surface area contributed by atoms with Gasteiger partial charge in [-0.25, -0.2) is 4.79 Å². The summed E-state index contributed by atoms with van der Waals surface area (Å²) in [5.74, 6) is 2.06. The summed E-state index contributed by atoms with van der Waals surface area (Å²) in [4.78, 5) is 16.3. The van der Waals surface area contributed by atoms with Gasteiger partial charge in [-0.2, -0.15) is 17.0 Å². The van der Waals surface area contributed by atoms with E-state index in [1.54, 1.807) is 11.9 Å². The van der Waals surface area contributed by atoms with Gasteiger partial charge < -0.3 is 15.0 Å². The molecule has 2 atom stereocenters. The number of amides is 2. The van der Waals surface area contributed by atoms with Gasteiger partial charge in [0.05, 0.1) is 25.2 Å². The highest BCUT2D eigenvalue weighted by molar-refractivity contribution is 7.99. The summed E-state index contributed by atoms with van der Waals surface area (Å²) in [5, 5.41) is 11.9. The van der Waals surface area contributed by atoms with Crippen molar-refractivity contribution in [2.45, 2.75) is 18.9 Å². The molecular formula is C15H26N4O2S. The van der Waals surface area contributed by atoms with Crippen LogP contribution in [-0.2, 0) is 4.74 Å². The predicted octanol–water partition coefficient (Wildman–Crippen LogP) is 0.995. The lowest BCUT2D eigenvalue weighted by molar-refractivity contribution is -0.0127. The summed E-state index contributed by atoms with van der Waals surface area (Å²) >= 11 is 1.96. The third-order valence-corrected chi connectivity index (χ3v) is 5.68. The quantitative estimate of drug-likeness (QED) is 0.816. The maximum atomic E-state index is 12.2. The fourth-order valence-corrected chi connectivity index (χ4v) is 4.52. The summed E-state index contributed by atoms with van der Waals surface area (Å²) in [6, 6.07) is 2.07. The molecule has 0 bridgehead atoms. The molecule has 2 rings (SSSR count). The van der Waals surface area contributed by atoms with Gasteiger partial charge in [0.15, 0.2) is 0 Å². The molecule has 2 aliphatic heterocycles. The van der Waals surface area contributed by atoms with Crippen LogP contribution >= 0.6 is 11.8 Å². The number of ether oxygens (including phenoxy) is 1. The van der Waals surface area contributed by atoms with Gasteiger partial charge in [-0.05, 0) is 19.1 Å². The summed E-state index contributed by atoms with van der Waals surface area (Å²) < 4.78 is 5.45. The topological polar surface area (TPSA) is 68.6 Å². The zero-order valence-electron chi connectivity index (χ0n) is 13.5. The Kier molecular flexibility index (Phi) is 6.36. The van der Waals surface area contributed by atoms with Gasteiger partial charge in [-0.3, -0.25) is 4.90 Å². The van der Waals surface area contributed by atoms with E-state index in [0.717, 1.165) is 44.2 Å². The normalized spacial score (nSPS) is 27.1. The Hall–Kier alpha value is -0.970. The molecule has 7 heteroatoms. The monoisotopic (exact) mass is 326 g/mol. The van der Waals surface area contributed by atoms with Crippen LogP contribution in [0.3, 0.4) is 0 Å². The van der Waals surface area contributed by atoms with E-state index < -0.39 is 0 Å². The second-order valence-corrected chi connectivity index (χ2v) is 7.30. The number of thioether (sulfide) groups is 1. The molecular weight excluding hydrogens is 300 g/mol. The predicted molar refractivity (Wildman–Crippen MR) is 87.9 cm³/mol. The second-order valence-electron chi connectivity index (χ2n) is 6.20. The number of urea groups is 1. The number of hydrogen-bond acceptors (Lipinski definition) is 5. The molecule has 0 unspecified atom stereocenters. The van der Waals surface area contributed by atoms with Crippen molar-refractivity contribution in [2.75, 3.05) is 57.9 Å². The Balaban J connectivity index is 1.89. The summed E-state index contributed by atoms with van der Waals surface area (Å²) in [5.41, 5.74) is 0.0613. The number of nitriles is 1. The minimum Gasteiger partial charge on any atom is -0.379 e. The summed E-state index contributed by atoms with van der Waals surface area (Å²) in [7, 11) is 1.74. The minimum atomic E-state index is -0.147. The Morgan fingerprint density at radius 2 is 2.27 bits per heavy atom. The van der Waals surface area contributed by atoms with Crippen LogP contribution in [-0.4, -0.2) is 79.3 Å². The number of morpholine rings is 1. The van der Waals surface area contributed by atoms with E-state index in [2.05, 4.69) is 16.3 Å². The van der Waals surface area contributed by atoms with Crippen molar-refractivity contribution < 1.29 is 9.53 Å². The van der Waals surface area contributed by atoms with Crippen LogP contribution in [0.5, 0.6) is 0 Å². The van der Waals surface area contributed by atoms with Gasteiger partial charge in [0.25, 0.3) is 0 Å². The molecule has 0 saturated carbocycles. The highest BCUT2D eigenvalue weighted by Gasteiger charge is 2.41. The third-order valence-electron chi connectivity index (χ3n) is 4.45. The molecule has 2 amide bonds. The van der Waals surface area contributed by atoms with E-state index in [9.17, 15) is 4.79 Å². The van der Waals surface area contributed by atoms with Gasteiger partial charge in [-0.1, -0.05) is 0 Å². The van der Waals surface area contributed by atoms with Gasteiger partial charge in [0.2, 0.25) is 0 Å².